The Morgan fingerprint density at radius 3 is 2.72 bits per heavy atom. The lowest BCUT2D eigenvalue weighted by atomic mass is 10.1. The molecule has 134 valence electrons. The van der Waals surface area contributed by atoms with E-state index in [-0.39, 0.29) is 12.0 Å². The predicted molar refractivity (Wildman–Crippen MR) is 105 cm³/mol. The van der Waals surface area contributed by atoms with Crippen molar-refractivity contribution < 1.29 is 14.3 Å². The van der Waals surface area contributed by atoms with Crippen molar-refractivity contribution in [2.75, 3.05) is 11.9 Å². The molecule has 0 saturated heterocycles. The summed E-state index contributed by atoms with van der Waals surface area (Å²) in [5.41, 5.74) is 1.18. The fourth-order valence-corrected chi connectivity index (χ4v) is 2.54. The zero-order valence-corrected chi connectivity index (χ0v) is 16.4. The zero-order valence-electron chi connectivity index (χ0n) is 14.8. The molecule has 2 rings (SSSR count). The van der Waals surface area contributed by atoms with Crippen LogP contribution in [0.4, 0.5) is 5.69 Å². The van der Waals surface area contributed by atoms with Crippen LogP contribution in [-0.2, 0) is 0 Å². The first-order chi connectivity index (χ1) is 12.0. The zero-order chi connectivity index (χ0) is 18.2. The van der Waals surface area contributed by atoms with E-state index in [1.165, 1.54) is 0 Å². The summed E-state index contributed by atoms with van der Waals surface area (Å²) < 4.78 is 12.3. The van der Waals surface area contributed by atoms with Gasteiger partial charge in [-0.2, -0.15) is 0 Å². The first-order valence-electron chi connectivity index (χ1n) is 8.53. The van der Waals surface area contributed by atoms with Gasteiger partial charge in [-0.15, -0.1) is 0 Å². The second-order valence-corrected chi connectivity index (χ2v) is 6.72. The molecule has 25 heavy (non-hydrogen) atoms. The first-order valence-corrected chi connectivity index (χ1v) is 9.33. The van der Waals surface area contributed by atoms with Crippen molar-refractivity contribution in [3.8, 4) is 11.5 Å². The van der Waals surface area contributed by atoms with Crippen molar-refractivity contribution in [2.45, 2.75) is 39.7 Å². The molecule has 4 nitrogen and oxygen atoms in total. The molecule has 0 fully saturated rings. The Bertz CT molecular complexity index is 718. The Hall–Kier alpha value is -2.01. The average Bonchev–Trinajstić information content (AvgIpc) is 2.60. The van der Waals surface area contributed by atoms with E-state index >= 15 is 0 Å². The van der Waals surface area contributed by atoms with Gasteiger partial charge in [-0.05, 0) is 50.1 Å². The van der Waals surface area contributed by atoms with Gasteiger partial charge in [-0.25, -0.2) is 0 Å². The monoisotopic (exact) mass is 405 g/mol. The van der Waals surface area contributed by atoms with Crippen LogP contribution < -0.4 is 14.8 Å². The van der Waals surface area contributed by atoms with Crippen LogP contribution in [0.3, 0.4) is 0 Å². The quantitative estimate of drug-likeness (QED) is 0.615. The lowest BCUT2D eigenvalue weighted by Crippen LogP contribution is -2.14. The highest BCUT2D eigenvalue weighted by molar-refractivity contribution is 9.10. The van der Waals surface area contributed by atoms with Gasteiger partial charge in [0, 0.05) is 16.2 Å². The normalized spacial score (nSPS) is 11.7. The van der Waals surface area contributed by atoms with Crippen molar-refractivity contribution in [1.29, 1.82) is 0 Å². The number of hydrogen-bond acceptors (Lipinski definition) is 3. The number of halogens is 1. The minimum absolute atomic E-state index is 0.130. The maximum absolute atomic E-state index is 12.7. The molecular weight excluding hydrogens is 382 g/mol. The predicted octanol–water partition coefficient (Wildman–Crippen LogP) is 5.67. The van der Waals surface area contributed by atoms with E-state index in [0.29, 0.717) is 23.6 Å². The lowest BCUT2D eigenvalue weighted by molar-refractivity contribution is 0.102. The molecule has 0 aromatic heterocycles. The molecule has 5 heteroatoms. The van der Waals surface area contributed by atoms with E-state index in [1.807, 2.05) is 44.2 Å². The summed E-state index contributed by atoms with van der Waals surface area (Å²) in [6.45, 7) is 6.69. The van der Waals surface area contributed by atoms with E-state index < -0.39 is 0 Å². The van der Waals surface area contributed by atoms with Gasteiger partial charge in [-0.1, -0.05) is 35.8 Å². The minimum atomic E-state index is -0.215. The summed E-state index contributed by atoms with van der Waals surface area (Å²) >= 11 is 3.41. The van der Waals surface area contributed by atoms with E-state index in [9.17, 15) is 4.79 Å². The molecular formula is C20H24BrNO3. The van der Waals surface area contributed by atoms with E-state index in [2.05, 4.69) is 28.2 Å². The molecule has 1 unspecified atom stereocenters. The summed E-state index contributed by atoms with van der Waals surface area (Å²) in [5.74, 6) is 1.10. The fraction of sp³-hybridized carbons (Fsp3) is 0.350. The Kier molecular flexibility index (Phi) is 7.31. The highest BCUT2D eigenvalue weighted by Gasteiger charge is 2.14. The molecule has 2 aromatic rings. The third-order valence-electron chi connectivity index (χ3n) is 3.65. The number of carbonyl (C=O) groups is 1. The van der Waals surface area contributed by atoms with Crippen LogP contribution in [0.25, 0.3) is 0 Å². The lowest BCUT2D eigenvalue weighted by Gasteiger charge is -2.14. The van der Waals surface area contributed by atoms with Gasteiger partial charge in [0.1, 0.15) is 11.5 Å². The molecule has 0 spiro atoms. The van der Waals surface area contributed by atoms with Crippen LogP contribution in [0.5, 0.6) is 11.5 Å². The maximum atomic E-state index is 12.7. The number of nitrogens with one attached hydrogen (secondary N) is 1. The molecule has 1 N–H and O–H groups in total. The number of benzene rings is 2. The number of hydrogen-bond donors (Lipinski definition) is 1. The summed E-state index contributed by atoms with van der Waals surface area (Å²) in [4.78, 5) is 12.7. The van der Waals surface area contributed by atoms with Crippen LogP contribution in [0, 0.1) is 0 Å². The van der Waals surface area contributed by atoms with E-state index in [1.54, 1.807) is 12.1 Å². The Morgan fingerprint density at radius 1 is 1.20 bits per heavy atom. The van der Waals surface area contributed by atoms with Gasteiger partial charge in [0.15, 0.2) is 0 Å². The maximum Gasteiger partial charge on any atom is 0.259 e. The average molecular weight is 406 g/mol. The number of amides is 1. The molecule has 0 radical (unpaired) electrons. The number of anilines is 1. The molecule has 0 aliphatic rings. The van der Waals surface area contributed by atoms with Crippen molar-refractivity contribution in [1.82, 2.24) is 0 Å². The third-order valence-corrected chi connectivity index (χ3v) is 4.15. The third kappa shape index (κ3) is 5.78. The highest BCUT2D eigenvalue weighted by atomic mass is 79.9. The SMILES string of the molecule is CCCOc1ccc(Br)cc1C(=O)Nc1cccc(OC(C)CC)c1. The molecule has 0 heterocycles. The van der Waals surface area contributed by atoms with Crippen LogP contribution in [0.15, 0.2) is 46.9 Å². The van der Waals surface area contributed by atoms with Gasteiger partial charge in [0.25, 0.3) is 5.91 Å². The molecule has 1 amide bonds. The van der Waals surface area contributed by atoms with Crippen molar-refractivity contribution in [3.05, 3.63) is 52.5 Å². The first kappa shape index (κ1) is 19.3. The largest absolute Gasteiger partial charge is 0.493 e. The van der Waals surface area contributed by atoms with Gasteiger partial charge in [0.2, 0.25) is 0 Å². The van der Waals surface area contributed by atoms with Gasteiger partial charge < -0.3 is 14.8 Å². The van der Waals surface area contributed by atoms with Crippen molar-refractivity contribution >= 4 is 27.5 Å². The number of rotatable bonds is 8. The Balaban J connectivity index is 2.16. The summed E-state index contributed by atoms with van der Waals surface area (Å²) in [7, 11) is 0. The summed E-state index contributed by atoms with van der Waals surface area (Å²) in [5, 5.41) is 2.91. The summed E-state index contributed by atoms with van der Waals surface area (Å²) in [6, 6.07) is 12.8. The molecule has 0 bridgehead atoms. The fourth-order valence-electron chi connectivity index (χ4n) is 2.18. The summed E-state index contributed by atoms with van der Waals surface area (Å²) in [6.07, 6.45) is 1.93. The smallest absolute Gasteiger partial charge is 0.259 e. The Morgan fingerprint density at radius 2 is 2.00 bits per heavy atom. The highest BCUT2D eigenvalue weighted by Crippen LogP contribution is 2.26. The molecule has 2 aromatic carbocycles. The van der Waals surface area contributed by atoms with E-state index in [0.717, 1.165) is 23.1 Å². The number of carbonyl (C=O) groups excluding carboxylic acids is 1. The second kappa shape index (κ2) is 9.47. The van der Waals surface area contributed by atoms with Crippen LogP contribution in [-0.4, -0.2) is 18.6 Å². The van der Waals surface area contributed by atoms with Gasteiger partial charge >= 0.3 is 0 Å². The van der Waals surface area contributed by atoms with Crippen LogP contribution in [0.2, 0.25) is 0 Å². The van der Waals surface area contributed by atoms with Crippen LogP contribution >= 0.6 is 15.9 Å². The molecule has 0 saturated carbocycles. The van der Waals surface area contributed by atoms with Crippen molar-refractivity contribution in [2.24, 2.45) is 0 Å². The van der Waals surface area contributed by atoms with E-state index in [4.69, 9.17) is 9.47 Å². The van der Waals surface area contributed by atoms with Crippen molar-refractivity contribution in [3.63, 3.8) is 0 Å². The number of ether oxygens (including phenoxy) is 2. The second-order valence-electron chi connectivity index (χ2n) is 5.81. The van der Waals surface area contributed by atoms with Gasteiger partial charge in [-0.3, -0.25) is 4.79 Å². The standard InChI is InChI=1S/C20H24BrNO3/c1-4-11-24-19-10-9-15(21)12-18(19)20(23)22-16-7-6-8-17(13-16)25-14(3)5-2/h6-10,12-14H,4-5,11H2,1-3H3,(H,22,23). The topological polar surface area (TPSA) is 47.6 Å². The van der Waals surface area contributed by atoms with Gasteiger partial charge in [0.05, 0.1) is 18.3 Å². The minimum Gasteiger partial charge on any atom is -0.493 e. The van der Waals surface area contributed by atoms with Crippen LogP contribution in [0.1, 0.15) is 44.0 Å². The Labute approximate surface area is 157 Å². The molecule has 1 atom stereocenters. The molecule has 0 aliphatic carbocycles. The molecule has 0 aliphatic heterocycles.